The largest absolute Gasteiger partial charge is 0.477 e. The fourth-order valence-electron chi connectivity index (χ4n) is 3.09. The molecule has 1 aliphatic heterocycles. The second-order valence-corrected chi connectivity index (χ2v) is 5.89. The molecule has 1 aromatic heterocycles. The SMILES string of the molecule is C[C@@H]1C[C@H](c2ccccc2)CN1C(=O)c1ccc(C(=O)O)nc1. The lowest BCUT2D eigenvalue weighted by atomic mass is 9.97. The van der Waals surface area contributed by atoms with E-state index in [1.54, 1.807) is 0 Å². The molecule has 5 nitrogen and oxygen atoms in total. The van der Waals surface area contributed by atoms with Gasteiger partial charge >= 0.3 is 5.97 Å². The number of hydrogen-bond donors (Lipinski definition) is 1. The van der Waals surface area contributed by atoms with Gasteiger partial charge in [0.1, 0.15) is 5.69 Å². The second-order valence-electron chi connectivity index (χ2n) is 5.89. The minimum absolute atomic E-state index is 0.0572. The molecule has 1 fully saturated rings. The lowest BCUT2D eigenvalue weighted by molar-refractivity contribution is 0.0686. The van der Waals surface area contributed by atoms with Crippen molar-refractivity contribution in [3.63, 3.8) is 0 Å². The van der Waals surface area contributed by atoms with E-state index in [9.17, 15) is 9.59 Å². The highest BCUT2D eigenvalue weighted by Gasteiger charge is 2.33. The van der Waals surface area contributed by atoms with E-state index in [0.717, 1.165) is 6.42 Å². The molecule has 0 spiro atoms. The van der Waals surface area contributed by atoms with Gasteiger partial charge in [-0.25, -0.2) is 9.78 Å². The number of carbonyl (C=O) groups excluding carboxylic acids is 1. The maximum Gasteiger partial charge on any atom is 0.354 e. The van der Waals surface area contributed by atoms with Crippen molar-refractivity contribution in [2.24, 2.45) is 0 Å². The molecule has 0 bridgehead atoms. The van der Waals surface area contributed by atoms with Crippen LogP contribution in [-0.2, 0) is 0 Å². The molecule has 0 aliphatic carbocycles. The van der Waals surface area contributed by atoms with E-state index in [-0.39, 0.29) is 17.6 Å². The predicted octanol–water partition coefficient (Wildman–Crippen LogP) is 2.80. The number of rotatable bonds is 3. The molecular weight excluding hydrogens is 292 g/mol. The van der Waals surface area contributed by atoms with Crippen molar-refractivity contribution in [2.75, 3.05) is 6.54 Å². The quantitative estimate of drug-likeness (QED) is 0.946. The highest BCUT2D eigenvalue weighted by molar-refractivity contribution is 5.95. The third kappa shape index (κ3) is 3.08. The number of carbonyl (C=O) groups is 2. The zero-order valence-electron chi connectivity index (χ0n) is 12.8. The summed E-state index contributed by atoms with van der Waals surface area (Å²) < 4.78 is 0. The van der Waals surface area contributed by atoms with Gasteiger partial charge in [0.15, 0.2) is 0 Å². The lowest BCUT2D eigenvalue weighted by Crippen LogP contribution is -2.34. The molecule has 0 saturated carbocycles. The first-order valence-corrected chi connectivity index (χ1v) is 7.61. The van der Waals surface area contributed by atoms with E-state index in [2.05, 4.69) is 17.1 Å². The highest BCUT2D eigenvalue weighted by atomic mass is 16.4. The van der Waals surface area contributed by atoms with Gasteiger partial charge in [-0.1, -0.05) is 30.3 Å². The van der Waals surface area contributed by atoms with Crippen LogP contribution in [0.4, 0.5) is 0 Å². The van der Waals surface area contributed by atoms with Crippen molar-refractivity contribution in [3.8, 4) is 0 Å². The zero-order chi connectivity index (χ0) is 16.4. The third-order valence-electron chi connectivity index (χ3n) is 4.34. The number of likely N-dealkylation sites (tertiary alicyclic amines) is 1. The van der Waals surface area contributed by atoms with Crippen LogP contribution < -0.4 is 0 Å². The molecule has 1 amide bonds. The molecule has 0 radical (unpaired) electrons. The molecule has 2 aromatic rings. The van der Waals surface area contributed by atoms with Gasteiger partial charge in [0, 0.05) is 24.7 Å². The normalized spacial score (nSPS) is 20.5. The molecule has 23 heavy (non-hydrogen) atoms. The van der Waals surface area contributed by atoms with Crippen LogP contribution in [0.1, 0.15) is 45.7 Å². The Labute approximate surface area is 134 Å². The molecule has 118 valence electrons. The summed E-state index contributed by atoms with van der Waals surface area (Å²) in [5.74, 6) is -0.857. The number of aromatic carboxylic acids is 1. The third-order valence-corrected chi connectivity index (χ3v) is 4.34. The summed E-state index contributed by atoms with van der Waals surface area (Å²) >= 11 is 0. The smallest absolute Gasteiger partial charge is 0.354 e. The Hall–Kier alpha value is -2.69. The van der Waals surface area contributed by atoms with Crippen LogP contribution in [0.3, 0.4) is 0 Å². The Kier molecular flexibility index (Phi) is 4.10. The monoisotopic (exact) mass is 310 g/mol. The maximum atomic E-state index is 12.7. The van der Waals surface area contributed by atoms with Crippen molar-refractivity contribution in [3.05, 3.63) is 65.5 Å². The fraction of sp³-hybridized carbons (Fsp3) is 0.278. The van der Waals surface area contributed by atoms with Crippen LogP contribution >= 0.6 is 0 Å². The summed E-state index contributed by atoms with van der Waals surface area (Å²) in [5, 5.41) is 8.87. The van der Waals surface area contributed by atoms with Gasteiger partial charge in [-0.2, -0.15) is 0 Å². The van der Waals surface area contributed by atoms with Crippen molar-refractivity contribution < 1.29 is 14.7 Å². The first kappa shape index (κ1) is 15.2. The standard InChI is InChI=1S/C18H18N2O3/c1-12-9-15(13-5-3-2-4-6-13)11-20(12)17(21)14-7-8-16(18(22)23)19-10-14/h2-8,10,12,15H,9,11H2,1H3,(H,22,23)/t12-,15+/m1/s1. The van der Waals surface area contributed by atoms with Crippen LogP contribution in [0.15, 0.2) is 48.7 Å². The molecule has 1 aromatic carbocycles. The van der Waals surface area contributed by atoms with Crippen LogP contribution in [-0.4, -0.2) is 39.5 Å². The van der Waals surface area contributed by atoms with Crippen LogP contribution in [0.5, 0.6) is 0 Å². The molecule has 2 heterocycles. The number of hydrogen-bond acceptors (Lipinski definition) is 3. The van der Waals surface area contributed by atoms with Gasteiger partial charge in [-0.05, 0) is 31.0 Å². The molecule has 5 heteroatoms. The number of carboxylic acids is 1. The van der Waals surface area contributed by atoms with Gasteiger partial charge in [0.25, 0.3) is 5.91 Å². The highest BCUT2D eigenvalue weighted by Crippen LogP contribution is 2.32. The molecular formula is C18H18N2O3. The minimum atomic E-state index is -1.09. The zero-order valence-corrected chi connectivity index (χ0v) is 12.8. The first-order valence-electron chi connectivity index (χ1n) is 7.61. The number of aromatic nitrogens is 1. The van der Waals surface area contributed by atoms with Gasteiger partial charge < -0.3 is 10.0 Å². The van der Waals surface area contributed by atoms with E-state index in [0.29, 0.717) is 18.0 Å². The Morgan fingerprint density at radius 1 is 1.17 bits per heavy atom. The van der Waals surface area contributed by atoms with Crippen molar-refractivity contribution in [2.45, 2.75) is 25.3 Å². The number of carboxylic acid groups (broad SMARTS) is 1. The average molecular weight is 310 g/mol. The Morgan fingerprint density at radius 2 is 1.91 bits per heavy atom. The van der Waals surface area contributed by atoms with E-state index in [1.165, 1.54) is 23.9 Å². The average Bonchev–Trinajstić information content (AvgIpc) is 2.97. The summed E-state index contributed by atoms with van der Waals surface area (Å²) in [7, 11) is 0. The Bertz CT molecular complexity index is 713. The van der Waals surface area contributed by atoms with Crippen molar-refractivity contribution in [1.82, 2.24) is 9.88 Å². The van der Waals surface area contributed by atoms with E-state index >= 15 is 0 Å². The molecule has 1 aliphatic rings. The van der Waals surface area contributed by atoms with Gasteiger partial charge in [-0.15, -0.1) is 0 Å². The topological polar surface area (TPSA) is 70.5 Å². The van der Waals surface area contributed by atoms with Crippen LogP contribution in [0.25, 0.3) is 0 Å². The number of benzene rings is 1. The van der Waals surface area contributed by atoms with E-state index in [4.69, 9.17) is 5.11 Å². The van der Waals surface area contributed by atoms with Gasteiger partial charge in [-0.3, -0.25) is 4.79 Å². The fourth-order valence-corrected chi connectivity index (χ4v) is 3.09. The summed E-state index contributed by atoms with van der Waals surface area (Å²) in [4.78, 5) is 29.2. The van der Waals surface area contributed by atoms with Gasteiger partial charge in [0.2, 0.25) is 0 Å². The Morgan fingerprint density at radius 3 is 2.52 bits per heavy atom. The number of pyridine rings is 1. The molecule has 1 N–H and O–H groups in total. The molecule has 2 atom stereocenters. The molecule has 1 saturated heterocycles. The first-order chi connectivity index (χ1) is 11.1. The van der Waals surface area contributed by atoms with Gasteiger partial charge in [0.05, 0.1) is 5.56 Å². The summed E-state index contributed by atoms with van der Waals surface area (Å²) in [6.45, 7) is 2.71. The summed E-state index contributed by atoms with van der Waals surface area (Å²) in [6.07, 6.45) is 2.27. The van der Waals surface area contributed by atoms with E-state index in [1.807, 2.05) is 30.0 Å². The number of amides is 1. The second kappa shape index (κ2) is 6.20. The minimum Gasteiger partial charge on any atom is -0.477 e. The number of nitrogens with zero attached hydrogens (tertiary/aromatic N) is 2. The van der Waals surface area contributed by atoms with Crippen molar-refractivity contribution >= 4 is 11.9 Å². The lowest BCUT2D eigenvalue weighted by Gasteiger charge is -2.21. The predicted molar refractivity (Wildman–Crippen MR) is 85.5 cm³/mol. The van der Waals surface area contributed by atoms with Crippen LogP contribution in [0.2, 0.25) is 0 Å². The summed E-state index contributed by atoms with van der Waals surface area (Å²) in [6, 6.07) is 13.2. The maximum absolute atomic E-state index is 12.7. The molecule has 3 rings (SSSR count). The Balaban J connectivity index is 1.76. The van der Waals surface area contributed by atoms with Crippen LogP contribution in [0, 0.1) is 0 Å². The van der Waals surface area contributed by atoms with E-state index < -0.39 is 5.97 Å². The van der Waals surface area contributed by atoms with Crippen molar-refractivity contribution in [1.29, 1.82) is 0 Å². The summed E-state index contributed by atoms with van der Waals surface area (Å²) in [5.41, 5.74) is 1.61. The molecule has 0 unspecified atom stereocenters.